The van der Waals surface area contributed by atoms with Gasteiger partial charge in [-0.25, -0.2) is 14.4 Å². The lowest BCUT2D eigenvalue weighted by Crippen LogP contribution is -2.16. The lowest BCUT2D eigenvalue weighted by atomic mass is 9.79. The Kier molecular flexibility index (Phi) is 8.42. The first-order valence-corrected chi connectivity index (χ1v) is 15.9. The van der Waals surface area contributed by atoms with Crippen molar-refractivity contribution in [1.29, 1.82) is 0 Å². The SMILES string of the molecule is CC(C)(C)c1cc(-c2cc(-c3cccc(N(c4ccccc4)c4cc(F)ccn4)c3)nc(-c3ccccc3O)c2)cc(C(C)(C)C)c1. The third kappa shape index (κ3) is 6.95. The van der Waals surface area contributed by atoms with E-state index in [4.69, 9.17) is 4.98 Å². The summed E-state index contributed by atoms with van der Waals surface area (Å²) in [5.74, 6) is 0.280. The Hall–Kier alpha value is -5.29. The molecule has 0 aliphatic carbocycles. The molecule has 0 saturated carbocycles. The summed E-state index contributed by atoms with van der Waals surface area (Å²) in [6.07, 6.45) is 1.48. The van der Waals surface area contributed by atoms with E-state index in [0.29, 0.717) is 17.1 Å². The van der Waals surface area contributed by atoms with E-state index in [1.54, 1.807) is 6.07 Å². The minimum absolute atomic E-state index is 0.0490. The summed E-state index contributed by atoms with van der Waals surface area (Å²) in [5.41, 5.74) is 9.13. The maximum Gasteiger partial charge on any atom is 0.140 e. The number of nitrogens with zero attached hydrogens (tertiary/aromatic N) is 3. The molecule has 0 aliphatic rings. The molecule has 0 aliphatic heterocycles. The molecule has 0 saturated heterocycles. The van der Waals surface area contributed by atoms with Crippen molar-refractivity contribution in [3.8, 4) is 39.4 Å². The molecule has 4 nitrogen and oxygen atoms in total. The van der Waals surface area contributed by atoms with Gasteiger partial charge < -0.3 is 5.11 Å². The van der Waals surface area contributed by atoms with Crippen LogP contribution in [0.25, 0.3) is 33.6 Å². The number of phenols is 1. The first kappa shape index (κ1) is 31.7. The van der Waals surface area contributed by atoms with Gasteiger partial charge in [-0.3, -0.25) is 4.90 Å². The Bertz CT molecular complexity index is 2010. The molecule has 0 bridgehead atoms. The molecule has 4 aromatic carbocycles. The number of hydrogen-bond acceptors (Lipinski definition) is 4. The Balaban J connectivity index is 1.57. The fourth-order valence-electron chi connectivity index (χ4n) is 5.64. The maximum absolute atomic E-state index is 14.5. The molecule has 236 valence electrons. The largest absolute Gasteiger partial charge is 0.507 e. The van der Waals surface area contributed by atoms with E-state index < -0.39 is 0 Å². The normalized spacial score (nSPS) is 11.8. The second kappa shape index (κ2) is 12.5. The molecular formula is C42H40FN3O. The van der Waals surface area contributed by atoms with Gasteiger partial charge in [-0.05, 0) is 87.7 Å². The first-order chi connectivity index (χ1) is 22.4. The Labute approximate surface area is 277 Å². The van der Waals surface area contributed by atoms with Crippen LogP contribution in [0.2, 0.25) is 0 Å². The van der Waals surface area contributed by atoms with Crippen molar-refractivity contribution >= 4 is 17.2 Å². The predicted molar refractivity (Wildman–Crippen MR) is 192 cm³/mol. The minimum atomic E-state index is -0.360. The molecule has 1 N–H and O–H groups in total. The molecule has 6 rings (SSSR count). The van der Waals surface area contributed by atoms with Crippen molar-refractivity contribution in [2.45, 2.75) is 52.4 Å². The number of hydrogen-bond donors (Lipinski definition) is 1. The number of aromatic hydroxyl groups is 1. The fraction of sp³-hybridized carbons (Fsp3) is 0.190. The summed E-state index contributed by atoms with van der Waals surface area (Å²) < 4.78 is 14.5. The highest BCUT2D eigenvalue weighted by Crippen LogP contribution is 2.40. The number of anilines is 3. The molecule has 2 heterocycles. The summed E-state index contributed by atoms with van der Waals surface area (Å²) in [6, 6.07) is 39.0. The van der Waals surface area contributed by atoms with E-state index in [-0.39, 0.29) is 22.4 Å². The summed E-state index contributed by atoms with van der Waals surface area (Å²) >= 11 is 0. The molecule has 5 heteroatoms. The quantitative estimate of drug-likeness (QED) is 0.201. The van der Waals surface area contributed by atoms with Gasteiger partial charge in [0.1, 0.15) is 17.4 Å². The Morgan fingerprint density at radius 2 is 1.19 bits per heavy atom. The van der Waals surface area contributed by atoms with E-state index >= 15 is 0 Å². The fourth-order valence-corrected chi connectivity index (χ4v) is 5.64. The van der Waals surface area contributed by atoms with Gasteiger partial charge in [0.2, 0.25) is 0 Å². The zero-order valence-electron chi connectivity index (χ0n) is 27.8. The monoisotopic (exact) mass is 621 g/mol. The van der Waals surface area contributed by atoms with Crippen LogP contribution in [-0.4, -0.2) is 15.1 Å². The van der Waals surface area contributed by atoms with Crippen molar-refractivity contribution in [2.75, 3.05) is 4.90 Å². The van der Waals surface area contributed by atoms with Crippen molar-refractivity contribution < 1.29 is 9.50 Å². The molecular weight excluding hydrogens is 581 g/mol. The number of phenolic OH excluding ortho intramolecular Hbond substituents is 1. The predicted octanol–water partition coefficient (Wildman–Crippen LogP) is 11.4. The zero-order valence-corrected chi connectivity index (χ0v) is 27.8. The highest BCUT2D eigenvalue weighted by atomic mass is 19.1. The van der Waals surface area contributed by atoms with Crippen LogP contribution in [0.3, 0.4) is 0 Å². The van der Waals surface area contributed by atoms with Crippen LogP contribution in [0.5, 0.6) is 5.75 Å². The van der Waals surface area contributed by atoms with Gasteiger partial charge in [0.15, 0.2) is 0 Å². The third-order valence-corrected chi connectivity index (χ3v) is 8.35. The van der Waals surface area contributed by atoms with E-state index in [9.17, 15) is 9.50 Å². The van der Waals surface area contributed by atoms with Gasteiger partial charge in [-0.2, -0.15) is 0 Å². The van der Waals surface area contributed by atoms with Crippen molar-refractivity contribution in [2.24, 2.45) is 0 Å². The lowest BCUT2D eigenvalue weighted by Gasteiger charge is -2.26. The summed E-state index contributed by atoms with van der Waals surface area (Å²) in [4.78, 5) is 11.6. The minimum Gasteiger partial charge on any atom is -0.507 e. The van der Waals surface area contributed by atoms with Crippen LogP contribution in [0.1, 0.15) is 52.7 Å². The van der Waals surface area contributed by atoms with E-state index in [1.807, 2.05) is 77.7 Å². The molecule has 0 amide bonds. The molecule has 0 spiro atoms. The van der Waals surface area contributed by atoms with E-state index in [1.165, 1.54) is 29.5 Å². The Morgan fingerprint density at radius 3 is 1.85 bits per heavy atom. The van der Waals surface area contributed by atoms with Crippen LogP contribution in [-0.2, 0) is 10.8 Å². The molecule has 0 radical (unpaired) electrons. The van der Waals surface area contributed by atoms with Crippen LogP contribution < -0.4 is 4.90 Å². The molecule has 0 fully saturated rings. The smallest absolute Gasteiger partial charge is 0.140 e. The standard InChI is InChI=1S/C42H40FN3O/c1-41(2,3)31-21-29(22-32(26-31)42(4,5)6)30-24-37(45-38(25-30)36-17-10-11-18-39(36)47)28-13-12-16-35(23-28)46(34-14-8-7-9-15-34)40-27-33(43)19-20-44-40/h7-27,47H,1-6H3. The van der Waals surface area contributed by atoms with E-state index in [2.05, 4.69) is 76.9 Å². The van der Waals surface area contributed by atoms with Gasteiger partial charge in [-0.15, -0.1) is 0 Å². The van der Waals surface area contributed by atoms with Crippen LogP contribution in [0.4, 0.5) is 21.6 Å². The number of halogens is 1. The highest BCUT2D eigenvalue weighted by Gasteiger charge is 2.22. The second-order valence-corrected chi connectivity index (χ2v) is 14.0. The summed E-state index contributed by atoms with van der Waals surface area (Å²) in [6.45, 7) is 13.4. The first-order valence-electron chi connectivity index (χ1n) is 15.9. The van der Waals surface area contributed by atoms with Gasteiger partial charge >= 0.3 is 0 Å². The third-order valence-electron chi connectivity index (χ3n) is 8.35. The number of para-hydroxylation sites is 2. The zero-order chi connectivity index (χ0) is 33.3. The maximum atomic E-state index is 14.5. The summed E-state index contributed by atoms with van der Waals surface area (Å²) in [5, 5.41) is 10.9. The van der Waals surface area contributed by atoms with Crippen molar-refractivity contribution in [1.82, 2.24) is 9.97 Å². The van der Waals surface area contributed by atoms with E-state index in [0.717, 1.165) is 33.8 Å². The Morgan fingerprint density at radius 1 is 0.574 bits per heavy atom. The average Bonchev–Trinajstić information content (AvgIpc) is 3.05. The number of aromatic nitrogens is 2. The second-order valence-electron chi connectivity index (χ2n) is 14.0. The van der Waals surface area contributed by atoms with Crippen LogP contribution in [0, 0.1) is 5.82 Å². The lowest BCUT2D eigenvalue weighted by molar-refractivity contribution is 0.477. The van der Waals surface area contributed by atoms with Crippen LogP contribution >= 0.6 is 0 Å². The van der Waals surface area contributed by atoms with Crippen molar-refractivity contribution in [3.63, 3.8) is 0 Å². The van der Waals surface area contributed by atoms with Gasteiger partial charge in [0.25, 0.3) is 0 Å². The van der Waals surface area contributed by atoms with Crippen LogP contribution in [0.15, 0.2) is 128 Å². The molecule has 0 unspecified atom stereocenters. The highest BCUT2D eigenvalue weighted by molar-refractivity contribution is 5.82. The van der Waals surface area contributed by atoms with Gasteiger partial charge in [0.05, 0.1) is 11.4 Å². The molecule has 6 aromatic rings. The number of rotatable bonds is 6. The molecule has 2 aromatic heterocycles. The average molecular weight is 622 g/mol. The van der Waals surface area contributed by atoms with Gasteiger partial charge in [0, 0.05) is 34.8 Å². The number of pyridine rings is 2. The summed E-state index contributed by atoms with van der Waals surface area (Å²) in [7, 11) is 0. The molecule has 47 heavy (non-hydrogen) atoms. The number of benzene rings is 4. The van der Waals surface area contributed by atoms with Gasteiger partial charge in [-0.1, -0.05) is 102 Å². The molecule has 0 atom stereocenters. The van der Waals surface area contributed by atoms with Crippen molar-refractivity contribution in [3.05, 3.63) is 144 Å². The topological polar surface area (TPSA) is 49.2 Å².